The summed E-state index contributed by atoms with van der Waals surface area (Å²) in [7, 11) is 0. The second-order valence-electron chi connectivity index (χ2n) is 8.84. The summed E-state index contributed by atoms with van der Waals surface area (Å²) in [6.45, 7) is 15.9. The highest BCUT2D eigenvalue weighted by Gasteiger charge is 2.30. The highest BCUT2D eigenvalue weighted by Crippen LogP contribution is 2.28. The number of pyridine rings is 2. The molecule has 0 atom stereocenters. The standard InChI is InChI=1S/C21H30N2/c1-20(2,3)16-8-12-22-10-7-11-23-13-9-17(21(4,5)6)15-19(23)18(22)14-16/h8-9,12-15H,7,10-11H2,1-6H3/q+2. The van der Waals surface area contributed by atoms with Crippen LogP contribution >= 0.6 is 0 Å². The molecule has 0 N–H and O–H groups in total. The molecule has 0 aliphatic carbocycles. The van der Waals surface area contributed by atoms with Crippen molar-refractivity contribution in [3.05, 3.63) is 47.8 Å². The molecule has 1 aliphatic heterocycles. The van der Waals surface area contributed by atoms with E-state index < -0.39 is 0 Å². The molecule has 0 saturated carbocycles. The van der Waals surface area contributed by atoms with Gasteiger partial charge in [-0.25, -0.2) is 0 Å². The minimum absolute atomic E-state index is 0.175. The summed E-state index contributed by atoms with van der Waals surface area (Å²) in [6, 6.07) is 9.35. The van der Waals surface area contributed by atoms with E-state index in [1.807, 2.05) is 0 Å². The Bertz CT molecular complexity index is 667. The van der Waals surface area contributed by atoms with Gasteiger partial charge in [-0.1, -0.05) is 41.5 Å². The SMILES string of the molecule is CC(C)(C)c1cc[n+]2c(c1)-c1cc(C(C)(C)C)cc[n+]1CCC2. The smallest absolute Gasteiger partial charge is 0.193 e. The average Bonchev–Trinajstić information content (AvgIpc) is 2.63. The Kier molecular flexibility index (Phi) is 3.82. The van der Waals surface area contributed by atoms with Crippen LogP contribution in [-0.2, 0) is 23.9 Å². The normalized spacial score (nSPS) is 14.9. The van der Waals surface area contributed by atoms with Gasteiger partial charge in [0, 0.05) is 24.3 Å². The number of hydrogen-bond acceptors (Lipinski definition) is 0. The number of hydrogen-bond donors (Lipinski definition) is 0. The van der Waals surface area contributed by atoms with Crippen molar-refractivity contribution < 1.29 is 9.13 Å². The zero-order valence-corrected chi connectivity index (χ0v) is 15.5. The minimum atomic E-state index is 0.175. The quantitative estimate of drug-likeness (QED) is 0.651. The second-order valence-corrected chi connectivity index (χ2v) is 8.84. The molecule has 0 radical (unpaired) electrons. The summed E-state index contributed by atoms with van der Waals surface area (Å²) >= 11 is 0. The largest absolute Gasteiger partial charge is 0.277 e. The molecule has 0 spiro atoms. The van der Waals surface area contributed by atoms with Gasteiger partial charge in [0.15, 0.2) is 25.5 Å². The van der Waals surface area contributed by atoms with E-state index in [-0.39, 0.29) is 10.8 Å². The molecule has 3 rings (SSSR count). The maximum atomic E-state index is 2.42. The Balaban J connectivity index is 2.22. The molecule has 122 valence electrons. The van der Waals surface area contributed by atoms with E-state index in [9.17, 15) is 0 Å². The first-order chi connectivity index (χ1) is 10.7. The summed E-state index contributed by atoms with van der Waals surface area (Å²) < 4.78 is 4.83. The molecule has 3 heterocycles. The molecule has 23 heavy (non-hydrogen) atoms. The van der Waals surface area contributed by atoms with Crippen LogP contribution in [0.5, 0.6) is 0 Å². The van der Waals surface area contributed by atoms with E-state index in [2.05, 4.69) is 87.3 Å². The molecule has 1 aliphatic rings. The molecule has 0 saturated heterocycles. The summed E-state index contributed by atoms with van der Waals surface area (Å²) in [6.07, 6.45) is 5.73. The second kappa shape index (κ2) is 5.43. The fourth-order valence-electron chi connectivity index (χ4n) is 3.23. The predicted molar refractivity (Wildman–Crippen MR) is 94.3 cm³/mol. The van der Waals surface area contributed by atoms with Gasteiger partial charge in [-0.15, -0.1) is 0 Å². The topological polar surface area (TPSA) is 7.76 Å². The Labute approximate surface area is 140 Å². The average molecular weight is 310 g/mol. The third kappa shape index (κ3) is 3.17. The fourth-order valence-corrected chi connectivity index (χ4v) is 3.23. The number of fused-ring (bicyclic) bond motifs is 3. The number of rotatable bonds is 0. The Morgan fingerprint density at radius 3 is 1.43 bits per heavy atom. The van der Waals surface area contributed by atoms with Crippen molar-refractivity contribution in [3.63, 3.8) is 0 Å². The molecule has 0 aromatic carbocycles. The Morgan fingerprint density at radius 2 is 1.09 bits per heavy atom. The third-order valence-corrected chi connectivity index (χ3v) is 4.86. The molecule has 0 fully saturated rings. The van der Waals surface area contributed by atoms with Crippen molar-refractivity contribution in [3.8, 4) is 11.4 Å². The van der Waals surface area contributed by atoms with E-state index in [4.69, 9.17) is 0 Å². The highest BCUT2D eigenvalue weighted by atomic mass is 15.1. The van der Waals surface area contributed by atoms with Gasteiger partial charge in [0.2, 0.25) is 0 Å². The van der Waals surface area contributed by atoms with Crippen molar-refractivity contribution in [1.82, 2.24) is 0 Å². The van der Waals surface area contributed by atoms with Crippen LogP contribution < -0.4 is 9.13 Å². The summed E-state index contributed by atoms with van der Waals surface area (Å²) in [4.78, 5) is 0. The van der Waals surface area contributed by atoms with Crippen LogP contribution in [0.4, 0.5) is 0 Å². The molecule has 2 nitrogen and oxygen atoms in total. The lowest BCUT2D eigenvalue weighted by atomic mass is 9.85. The molecule has 0 unspecified atom stereocenters. The van der Waals surface area contributed by atoms with Gasteiger partial charge in [-0.05, 0) is 22.0 Å². The minimum Gasteiger partial charge on any atom is -0.193 e. The summed E-state index contributed by atoms with van der Waals surface area (Å²) in [5, 5.41) is 0. The van der Waals surface area contributed by atoms with Gasteiger partial charge >= 0.3 is 0 Å². The first-order valence-electron chi connectivity index (χ1n) is 8.74. The van der Waals surface area contributed by atoms with Crippen molar-refractivity contribution in [2.45, 2.75) is 71.9 Å². The van der Waals surface area contributed by atoms with E-state index in [1.165, 1.54) is 28.9 Å². The Hall–Kier alpha value is -1.70. The van der Waals surface area contributed by atoms with Crippen LogP contribution in [0.25, 0.3) is 11.4 Å². The van der Waals surface area contributed by atoms with Crippen molar-refractivity contribution in [2.24, 2.45) is 0 Å². The van der Waals surface area contributed by atoms with Gasteiger partial charge in [-0.3, -0.25) is 0 Å². The molecular weight excluding hydrogens is 280 g/mol. The zero-order chi connectivity index (χ0) is 16.8. The lowest BCUT2D eigenvalue weighted by molar-refractivity contribution is -0.688. The van der Waals surface area contributed by atoms with Crippen molar-refractivity contribution >= 4 is 0 Å². The van der Waals surface area contributed by atoms with Gasteiger partial charge in [0.1, 0.15) is 0 Å². The maximum Gasteiger partial charge on any atom is 0.277 e. The first-order valence-corrected chi connectivity index (χ1v) is 8.74. The molecule has 0 bridgehead atoms. The summed E-state index contributed by atoms with van der Waals surface area (Å²) in [5.74, 6) is 0. The lowest BCUT2D eigenvalue weighted by Gasteiger charge is -2.19. The van der Waals surface area contributed by atoms with Gasteiger partial charge in [0.05, 0.1) is 6.42 Å². The van der Waals surface area contributed by atoms with Crippen molar-refractivity contribution in [2.75, 3.05) is 0 Å². The Morgan fingerprint density at radius 1 is 0.696 bits per heavy atom. The van der Waals surface area contributed by atoms with E-state index in [0.717, 1.165) is 13.1 Å². The molecular formula is C21H30N2+2. The van der Waals surface area contributed by atoms with Crippen LogP contribution in [0.3, 0.4) is 0 Å². The lowest BCUT2D eigenvalue weighted by Crippen LogP contribution is -2.38. The summed E-state index contributed by atoms with van der Waals surface area (Å²) in [5.41, 5.74) is 5.85. The van der Waals surface area contributed by atoms with Gasteiger partial charge in [0.25, 0.3) is 11.4 Å². The number of nitrogens with zero attached hydrogens (tertiary/aromatic N) is 2. The fraction of sp³-hybridized carbons (Fsp3) is 0.524. The van der Waals surface area contributed by atoms with Gasteiger partial charge in [-0.2, -0.15) is 9.13 Å². The molecule has 2 aromatic heterocycles. The molecule has 2 aromatic rings. The predicted octanol–water partition coefficient (Wildman–Crippen LogP) is 3.93. The number of aromatic nitrogens is 2. The molecule has 0 amide bonds. The van der Waals surface area contributed by atoms with Crippen LogP contribution in [-0.4, -0.2) is 0 Å². The van der Waals surface area contributed by atoms with Crippen molar-refractivity contribution in [1.29, 1.82) is 0 Å². The molecule has 2 heteroatoms. The van der Waals surface area contributed by atoms with Gasteiger partial charge < -0.3 is 0 Å². The van der Waals surface area contributed by atoms with Crippen LogP contribution in [0.2, 0.25) is 0 Å². The van der Waals surface area contributed by atoms with Crippen LogP contribution in [0, 0.1) is 0 Å². The highest BCUT2D eigenvalue weighted by molar-refractivity contribution is 5.51. The zero-order valence-electron chi connectivity index (χ0n) is 15.5. The van der Waals surface area contributed by atoms with Crippen LogP contribution in [0.1, 0.15) is 59.1 Å². The first kappa shape index (κ1) is 16.2. The monoisotopic (exact) mass is 310 g/mol. The van der Waals surface area contributed by atoms with E-state index in [0.29, 0.717) is 0 Å². The maximum absolute atomic E-state index is 2.42. The van der Waals surface area contributed by atoms with E-state index in [1.54, 1.807) is 0 Å². The number of aryl methyl sites for hydroxylation is 2. The van der Waals surface area contributed by atoms with E-state index >= 15 is 0 Å². The third-order valence-electron chi connectivity index (χ3n) is 4.86. The van der Waals surface area contributed by atoms with Crippen LogP contribution in [0.15, 0.2) is 36.7 Å².